The SMILES string of the molecule is CC1NCCC1[Si](O)(O)O. The first kappa shape index (κ1) is 8.16. The molecule has 2 atom stereocenters. The first-order valence-corrected chi connectivity index (χ1v) is 5.34. The molecular weight excluding hydrogens is 150 g/mol. The zero-order chi connectivity index (χ0) is 7.78. The van der Waals surface area contributed by atoms with Gasteiger partial charge < -0.3 is 19.7 Å². The third-order valence-corrected chi connectivity index (χ3v) is 3.81. The van der Waals surface area contributed by atoms with E-state index < -0.39 is 8.80 Å². The summed E-state index contributed by atoms with van der Waals surface area (Å²) < 4.78 is 0. The molecule has 0 aromatic rings. The highest BCUT2D eigenvalue weighted by Gasteiger charge is 2.44. The minimum Gasteiger partial charge on any atom is -0.390 e. The lowest BCUT2D eigenvalue weighted by molar-refractivity contribution is 0.206. The van der Waals surface area contributed by atoms with Gasteiger partial charge in [0, 0.05) is 11.6 Å². The summed E-state index contributed by atoms with van der Waals surface area (Å²) in [6.07, 6.45) is 0.664. The Kier molecular flexibility index (Phi) is 2.12. The van der Waals surface area contributed by atoms with Crippen LogP contribution in [0.15, 0.2) is 0 Å². The molecule has 1 saturated heterocycles. The molecule has 5 heteroatoms. The molecule has 0 bridgehead atoms. The van der Waals surface area contributed by atoms with Crippen LogP contribution in [0.1, 0.15) is 13.3 Å². The van der Waals surface area contributed by atoms with Gasteiger partial charge in [-0.25, -0.2) is 0 Å². The van der Waals surface area contributed by atoms with Crippen LogP contribution in [-0.4, -0.2) is 35.8 Å². The first-order valence-electron chi connectivity index (χ1n) is 3.42. The second-order valence-electron chi connectivity index (χ2n) is 2.83. The molecule has 0 amide bonds. The van der Waals surface area contributed by atoms with Crippen LogP contribution >= 0.6 is 0 Å². The van der Waals surface area contributed by atoms with Crippen molar-refractivity contribution < 1.29 is 14.4 Å². The van der Waals surface area contributed by atoms with E-state index in [9.17, 15) is 0 Å². The van der Waals surface area contributed by atoms with Gasteiger partial charge in [0.05, 0.1) is 0 Å². The van der Waals surface area contributed by atoms with Crippen molar-refractivity contribution in [2.45, 2.75) is 24.9 Å². The summed E-state index contributed by atoms with van der Waals surface area (Å²) in [5.74, 6) is 0. The average Bonchev–Trinajstić information content (AvgIpc) is 2.11. The third-order valence-electron chi connectivity index (χ3n) is 2.02. The highest BCUT2D eigenvalue weighted by molar-refractivity contribution is 6.58. The standard InChI is InChI=1S/C5H13NO3Si/c1-4-5(2-3-6-4)10(7,8)9/h4-9H,2-3H2,1H3. The number of hydrogen-bond acceptors (Lipinski definition) is 4. The van der Waals surface area contributed by atoms with E-state index in [4.69, 9.17) is 14.4 Å². The van der Waals surface area contributed by atoms with Gasteiger partial charge in [-0.1, -0.05) is 0 Å². The monoisotopic (exact) mass is 163 g/mol. The van der Waals surface area contributed by atoms with Gasteiger partial charge in [-0.2, -0.15) is 0 Å². The summed E-state index contributed by atoms with van der Waals surface area (Å²) in [5, 5.41) is 3.03. The molecule has 1 aliphatic heterocycles. The van der Waals surface area contributed by atoms with Crippen LogP contribution in [0.4, 0.5) is 0 Å². The van der Waals surface area contributed by atoms with Crippen molar-refractivity contribution in [1.82, 2.24) is 5.32 Å². The van der Waals surface area contributed by atoms with Crippen molar-refractivity contribution in [3.8, 4) is 0 Å². The Morgan fingerprint density at radius 1 is 1.40 bits per heavy atom. The van der Waals surface area contributed by atoms with Crippen molar-refractivity contribution in [3.05, 3.63) is 0 Å². The maximum absolute atomic E-state index is 8.90. The molecule has 1 fully saturated rings. The Labute approximate surface area is 60.9 Å². The summed E-state index contributed by atoms with van der Waals surface area (Å²) in [5.41, 5.74) is -0.326. The Bertz CT molecular complexity index is 125. The summed E-state index contributed by atoms with van der Waals surface area (Å²) in [7, 11) is -3.85. The molecular formula is C5H13NO3Si. The molecule has 10 heavy (non-hydrogen) atoms. The average molecular weight is 163 g/mol. The zero-order valence-electron chi connectivity index (χ0n) is 5.91. The smallest absolute Gasteiger partial charge is 0.390 e. The third kappa shape index (κ3) is 1.56. The highest BCUT2D eigenvalue weighted by Crippen LogP contribution is 2.27. The topological polar surface area (TPSA) is 72.7 Å². The first-order chi connectivity index (χ1) is 4.52. The molecule has 2 unspecified atom stereocenters. The fraction of sp³-hybridized carbons (Fsp3) is 1.00. The molecule has 0 radical (unpaired) electrons. The second-order valence-corrected chi connectivity index (χ2v) is 4.94. The lowest BCUT2D eigenvalue weighted by Gasteiger charge is -2.20. The molecule has 1 aliphatic rings. The van der Waals surface area contributed by atoms with E-state index >= 15 is 0 Å². The Morgan fingerprint density at radius 2 is 2.00 bits per heavy atom. The number of hydrogen-bond donors (Lipinski definition) is 4. The van der Waals surface area contributed by atoms with Crippen LogP contribution in [-0.2, 0) is 0 Å². The Morgan fingerprint density at radius 3 is 2.20 bits per heavy atom. The van der Waals surface area contributed by atoms with Crippen molar-refractivity contribution in [1.29, 1.82) is 0 Å². The molecule has 60 valence electrons. The van der Waals surface area contributed by atoms with Crippen molar-refractivity contribution in [3.63, 3.8) is 0 Å². The van der Waals surface area contributed by atoms with Gasteiger partial charge in [0.2, 0.25) is 0 Å². The number of nitrogens with one attached hydrogen (secondary N) is 1. The van der Waals surface area contributed by atoms with Gasteiger partial charge in [-0.05, 0) is 19.9 Å². The molecule has 4 N–H and O–H groups in total. The molecule has 0 saturated carbocycles. The summed E-state index contributed by atoms with van der Waals surface area (Å²) in [4.78, 5) is 26.7. The minimum absolute atomic E-state index is 0.0340. The molecule has 0 aromatic carbocycles. The van der Waals surface area contributed by atoms with Gasteiger partial charge in [0.15, 0.2) is 0 Å². The molecule has 1 rings (SSSR count). The van der Waals surface area contributed by atoms with Gasteiger partial charge in [-0.3, -0.25) is 0 Å². The molecule has 0 aromatic heterocycles. The lowest BCUT2D eigenvalue weighted by Crippen LogP contribution is -2.44. The van der Waals surface area contributed by atoms with Gasteiger partial charge in [-0.15, -0.1) is 0 Å². The van der Waals surface area contributed by atoms with Crippen LogP contribution in [0.25, 0.3) is 0 Å². The summed E-state index contributed by atoms with van der Waals surface area (Å²) in [6.45, 7) is 2.62. The Balaban J connectivity index is 2.55. The van der Waals surface area contributed by atoms with Crippen molar-refractivity contribution in [2.24, 2.45) is 0 Å². The van der Waals surface area contributed by atoms with Gasteiger partial charge >= 0.3 is 8.80 Å². The summed E-state index contributed by atoms with van der Waals surface area (Å²) in [6, 6.07) is 0.0340. The molecule has 4 nitrogen and oxygen atoms in total. The van der Waals surface area contributed by atoms with Crippen LogP contribution < -0.4 is 5.32 Å². The predicted molar refractivity (Wildman–Crippen MR) is 38.2 cm³/mol. The highest BCUT2D eigenvalue weighted by atomic mass is 28.4. The minimum atomic E-state index is -3.85. The predicted octanol–water partition coefficient (Wildman–Crippen LogP) is -1.35. The van der Waals surface area contributed by atoms with Gasteiger partial charge in [0.1, 0.15) is 0 Å². The lowest BCUT2D eigenvalue weighted by atomic mass is 10.2. The fourth-order valence-electron chi connectivity index (χ4n) is 1.39. The van der Waals surface area contributed by atoms with Crippen LogP contribution in [0.2, 0.25) is 5.54 Å². The van der Waals surface area contributed by atoms with E-state index in [0.29, 0.717) is 6.42 Å². The molecule has 0 aliphatic carbocycles. The molecule has 0 spiro atoms. The largest absolute Gasteiger partial charge is 0.497 e. The van der Waals surface area contributed by atoms with Crippen molar-refractivity contribution in [2.75, 3.05) is 6.54 Å². The fourth-order valence-corrected chi connectivity index (χ4v) is 2.71. The van der Waals surface area contributed by atoms with Crippen LogP contribution in [0, 0.1) is 0 Å². The van der Waals surface area contributed by atoms with E-state index in [0.717, 1.165) is 6.54 Å². The van der Waals surface area contributed by atoms with E-state index in [1.807, 2.05) is 6.92 Å². The van der Waals surface area contributed by atoms with Crippen LogP contribution in [0.5, 0.6) is 0 Å². The summed E-state index contributed by atoms with van der Waals surface area (Å²) >= 11 is 0. The number of rotatable bonds is 1. The van der Waals surface area contributed by atoms with E-state index in [1.165, 1.54) is 0 Å². The maximum Gasteiger partial charge on any atom is 0.497 e. The van der Waals surface area contributed by atoms with Crippen molar-refractivity contribution >= 4 is 8.80 Å². The van der Waals surface area contributed by atoms with Gasteiger partial charge in [0.25, 0.3) is 0 Å². The zero-order valence-corrected chi connectivity index (χ0v) is 6.91. The van der Waals surface area contributed by atoms with E-state index in [-0.39, 0.29) is 11.6 Å². The van der Waals surface area contributed by atoms with E-state index in [2.05, 4.69) is 5.32 Å². The van der Waals surface area contributed by atoms with Crippen LogP contribution in [0.3, 0.4) is 0 Å². The van der Waals surface area contributed by atoms with E-state index in [1.54, 1.807) is 0 Å². The Hall–Kier alpha value is 0.0569. The maximum atomic E-state index is 8.90. The quantitative estimate of drug-likeness (QED) is 0.361. The second kappa shape index (κ2) is 2.59. The molecule has 1 heterocycles. The normalized spacial score (nSPS) is 34.8.